The Kier molecular flexibility index (Phi) is 4.99. The number of hydrogen-bond donors (Lipinski definition) is 2. The largest absolute Gasteiger partial charge is 0.360 e. The first kappa shape index (κ1) is 13.3. The molecule has 0 aliphatic heterocycles. The lowest BCUT2D eigenvalue weighted by Gasteiger charge is -2.24. The minimum atomic E-state index is 0.567. The van der Waals surface area contributed by atoms with Crippen molar-refractivity contribution in [2.24, 2.45) is 0 Å². The molecule has 0 atom stereocenters. The van der Waals surface area contributed by atoms with E-state index in [9.17, 15) is 0 Å². The summed E-state index contributed by atoms with van der Waals surface area (Å²) in [6, 6.07) is 0.567. The molecule has 1 aromatic heterocycles. The zero-order valence-electron chi connectivity index (χ0n) is 11.0. The van der Waals surface area contributed by atoms with E-state index in [0.717, 1.165) is 18.2 Å². The van der Waals surface area contributed by atoms with Crippen molar-refractivity contribution in [1.29, 1.82) is 0 Å². The van der Waals surface area contributed by atoms with Crippen LogP contribution >= 0.6 is 12.2 Å². The average molecular weight is 266 g/mol. The minimum absolute atomic E-state index is 0.567. The molecule has 2 N–H and O–H groups in total. The average Bonchev–Trinajstić information content (AvgIpc) is 2.85. The number of nitrogens with zero attached hydrogens (tertiary/aromatic N) is 2. The summed E-state index contributed by atoms with van der Waals surface area (Å²) in [6.07, 6.45) is 10.4. The van der Waals surface area contributed by atoms with Crippen LogP contribution in [0.2, 0.25) is 0 Å². The van der Waals surface area contributed by atoms with Gasteiger partial charge in [-0.15, -0.1) is 0 Å². The quantitative estimate of drug-likeness (QED) is 0.820. The van der Waals surface area contributed by atoms with Crippen molar-refractivity contribution in [1.82, 2.24) is 20.4 Å². The fourth-order valence-corrected chi connectivity index (χ4v) is 2.58. The van der Waals surface area contributed by atoms with Gasteiger partial charge in [0.05, 0.1) is 6.20 Å². The molecule has 0 unspecified atom stereocenters. The van der Waals surface area contributed by atoms with Crippen LogP contribution in [0.3, 0.4) is 0 Å². The summed E-state index contributed by atoms with van der Waals surface area (Å²) in [5.74, 6) is 0. The second-order valence-corrected chi connectivity index (χ2v) is 5.27. The number of rotatable bonds is 4. The molecule has 0 radical (unpaired) electrons. The Balaban J connectivity index is 1.70. The molecule has 1 saturated carbocycles. The van der Waals surface area contributed by atoms with Crippen molar-refractivity contribution in [3.8, 4) is 0 Å². The molecular formula is C13H22N4S. The summed E-state index contributed by atoms with van der Waals surface area (Å²) in [4.78, 5) is 0. The molecule has 0 spiro atoms. The van der Waals surface area contributed by atoms with Gasteiger partial charge in [0.2, 0.25) is 0 Å². The summed E-state index contributed by atoms with van der Waals surface area (Å²) in [6.45, 7) is 3.74. The molecule has 1 aliphatic carbocycles. The smallest absolute Gasteiger partial charge is 0.166 e. The van der Waals surface area contributed by atoms with E-state index in [1.54, 1.807) is 0 Å². The zero-order chi connectivity index (χ0) is 12.8. The van der Waals surface area contributed by atoms with Crippen molar-refractivity contribution in [2.75, 3.05) is 0 Å². The minimum Gasteiger partial charge on any atom is -0.360 e. The molecule has 1 aromatic rings. The van der Waals surface area contributed by atoms with Crippen molar-refractivity contribution in [2.45, 2.75) is 58.2 Å². The topological polar surface area (TPSA) is 41.9 Å². The number of aryl methyl sites for hydroxylation is 1. The number of hydrogen-bond acceptors (Lipinski definition) is 2. The van der Waals surface area contributed by atoms with E-state index < -0.39 is 0 Å². The van der Waals surface area contributed by atoms with Crippen LogP contribution in [0.25, 0.3) is 0 Å². The van der Waals surface area contributed by atoms with Gasteiger partial charge in [-0.1, -0.05) is 19.3 Å². The van der Waals surface area contributed by atoms with Crippen molar-refractivity contribution in [3.05, 3.63) is 18.0 Å². The molecule has 100 valence electrons. The van der Waals surface area contributed by atoms with Crippen molar-refractivity contribution >= 4 is 17.3 Å². The summed E-state index contributed by atoms with van der Waals surface area (Å²) in [5.41, 5.74) is 1.17. The SMILES string of the molecule is CCn1cc(CNC(=S)NC2CCCCC2)cn1. The van der Waals surface area contributed by atoms with Gasteiger partial charge in [-0.05, 0) is 32.0 Å². The first-order valence-corrected chi connectivity index (χ1v) is 7.24. The van der Waals surface area contributed by atoms with Gasteiger partial charge in [0, 0.05) is 30.9 Å². The molecule has 0 amide bonds. The molecule has 0 bridgehead atoms. The highest BCUT2D eigenvalue weighted by molar-refractivity contribution is 7.80. The van der Waals surface area contributed by atoms with Gasteiger partial charge in [-0.3, -0.25) is 4.68 Å². The van der Waals surface area contributed by atoms with E-state index in [-0.39, 0.29) is 0 Å². The molecule has 1 fully saturated rings. The zero-order valence-corrected chi connectivity index (χ0v) is 11.8. The van der Waals surface area contributed by atoms with Gasteiger partial charge >= 0.3 is 0 Å². The number of nitrogens with one attached hydrogen (secondary N) is 2. The van der Waals surface area contributed by atoms with Crippen LogP contribution in [-0.2, 0) is 13.1 Å². The summed E-state index contributed by atoms with van der Waals surface area (Å²) in [7, 11) is 0. The van der Waals surface area contributed by atoms with Crippen LogP contribution in [0, 0.1) is 0 Å². The Morgan fingerprint density at radius 1 is 1.44 bits per heavy atom. The molecule has 4 nitrogen and oxygen atoms in total. The Hall–Kier alpha value is -1.10. The maximum atomic E-state index is 5.32. The highest BCUT2D eigenvalue weighted by Gasteiger charge is 2.13. The third-order valence-electron chi connectivity index (χ3n) is 3.40. The number of aromatic nitrogens is 2. The van der Waals surface area contributed by atoms with Crippen LogP contribution < -0.4 is 10.6 Å². The second kappa shape index (κ2) is 6.73. The molecule has 1 heterocycles. The van der Waals surface area contributed by atoms with E-state index in [4.69, 9.17) is 12.2 Å². The summed E-state index contributed by atoms with van der Waals surface area (Å²) in [5, 5.41) is 11.7. The highest BCUT2D eigenvalue weighted by atomic mass is 32.1. The Morgan fingerprint density at radius 2 is 2.22 bits per heavy atom. The predicted molar refractivity (Wildman–Crippen MR) is 77.3 cm³/mol. The Morgan fingerprint density at radius 3 is 2.89 bits per heavy atom. The van der Waals surface area contributed by atoms with Crippen LogP contribution in [0.4, 0.5) is 0 Å². The first-order valence-electron chi connectivity index (χ1n) is 6.83. The van der Waals surface area contributed by atoms with E-state index in [0.29, 0.717) is 6.04 Å². The third kappa shape index (κ3) is 3.98. The van der Waals surface area contributed by atoms with Crippen LogP contribution in [-0.4, -0.2) is 20.9 Å². The Labute approximate surface area is 114 Å². The lowest BCUT2D eigenvalue weighted by Crippen LogP contribution is -2.42. The molecule has 18 heavy (non-hydrogen) atoms. The molecular weight excluding hydrogens is 244 g/mol. The van der Waals surface area contributed by atoms with E-state index in [1.807, 2.05) is 10.9 Å². The van der Waals surface area contributed by atoms with Crippen molar-refractivity contribution < 1.29 is 0 Å². The molecule has 5 heteroatoms. The van der Waals surface area contributed by atoms with Crippen LogP contribution in [0.15, 0.2) is 12.4 Å². The standard InChI is InChI=1S/C13H22N4S/c1-2-17-10-11(9-15-17)8-14-13(18)16-12-6-4-3-5-7-12/h9-10,12H,2-8H2,1H3,(H2,14,16,18). The fourth-order valence-electron chi connectivity index (χ4n) is 2.34. The van der Waals surface area contributed by atoms with Crippen molar-refractivity contribution in [3.63, 3.8) is 0 Å². The van der Waals surface area contributed by atoms with E-state index in [1.165, 1.54) is 37.7 Å². The van der Waals surface area contributed by atoms with Gasteiger partial charge in [0.15, 0.2) is 5.11 Å². The van der Waals surface area contributed by atoms with Gasteiger partial charge in [0.1, 0.15) is 0 Å². The van der Waals surface area contributed by atoms with Crippen LogP contribution in [0.5, 0.6) is 0 Å². The molecule has 0 aromatic carbocycles. The summed E-state index contributed by atoms with van der Waals surface area (Å²) < 4.78 is 1.93. The van der Waals surface area contributed by atoms with Gasteiger partial charge in [-0.2, -0.15) is 5.10 Å². The van der Waals surface area contributed by atoms with Gasteiger partial charge in [-0.25, -0.2) is 0 Å². The summed E-state index contributed by atoms with van der Waals surface area (Å²) >= 11 is 5.32. The molecule has 2 rings (SSSR count). The van der Waals surface area contributed by atoms with Crippen LogP contribution in [0.1, 0.15) is 44.6 Å². The van der Waals surface area contributed by atoms with E-state index in [2.05, 4.69) is 28.9 Å². The lowest BCUT2D eigenvalue weighted by atomic mass is 9.96. The maximum absolute atomic E-state index is 5.32. The predicted octanol–water partition coefficient (Wildman–Crippen LogP) is 2.20. The van der Waals surface area contributed by atoms with E-state index >= 15 is 0 Å². The molecule has 1 aliphatic rings. The van der Waals surface area contributed by atoms with Gasteiger partial charge in [0.25, 0.3) is 0 Å². The fraction of sp³-hybridized carbons (Fsp3) is 0.692. The normalized spacial score (nSPS) is 16.5. The maximum Gasteiger partial charge on any atom is 0.166 e. The first-order chi connectivity index (χ1) is 8.78. The lowest BCUT2D eigenvalue weighted by molar-refractivity contribution is 0.412. The van der Waals surface area contributed by atoms with Gasteiger partial charge < -0.3 is 10.6 Å². The monoisotopic (exact) mass is 266 g/mol. The highest BCUT2D eigenvalue weighted by Crippen LogP contribution is 2.17. The molecule has 0 saturated heterocycles. The third-order valence-corrected chi connectivity index (χ3v) is 3.67. The number of thiocarbonyl (C=S) groups is 1. The Bertz CT molecular complexity index is 382. The second-order valence-electron chi connectivity index (χ2n) is 4.87.